The van der Waals surface area contributed by atoms with Crippen LogP contribution in [0.3, 0.4) is 0 Å². The number of thiophene rings is 1. The van der Waals surface area contributed by atoms with Gasteiger partial charge in [-0.2, -0.15) is 0 Å². The molecule has 0 aliphatic carbocycles. The molecular weight excluding hydrogens is 307 g/mol. The fourth-order valence-electron chi connectivity index (χ4n) is 2.04. The molecule has 1 N–H and O–H groups in total. The van der Waals surface area contributed by atoms with Crippen molar-refractivity contribution >= 4 is 34.3 Å². The molecule has 114 valence electrons. The van der Waals surface area contributed by atoms with E-state index in [-0.39, 0.29) is 17.9 Å². The lowest BCUT2D eigenvalue weighted by molar-refractivity contribution is 0.614. The average Bonchev–Trinajstić information content (AvgIpc) is 2.85. The Morgan fingerprint density at radius 3 is 2.48 bits per heavy atom. The number of rotatable bonds is 5. The number of hydrogen-bond donors (Lipinski definition) is 1. The van der Waals surface area contributed by atoms with Gasteiger partial charge in [0.1, 0.15) is 5.82 Å². The highest BCUT2D eigenvalue weighted by molar-refractivity contribution is 7.14. The molecule has 0 bridgehead atoms. The van der Waals surface area contributed by atoms with Gasteiger partial charge in [0.2, 0.25) is 0 Å². The van der Waals surface area contributed by atoms with Gasteiger partial charge >= 0.3 is 0 Å². The molecule has 0 saturated heterocycles. The minimum absolute atomic E-state index is 0.0850. The molecule has 0 saturated carbocycles. The molecule has 1 aromatic heterocycles. The average molecular weight is 327 g/mol. The van der Waals surface area contributed by atoms with E-state index in [1.54, 1.807) is 6.07 Å². The van der Waals surface area contributed by atoms with Crippen LogP contribution < -0.4 is 10.2 Å². The second-order valence-electron chi connectivity index (χ2n) is 5.42. The zero-order chi connectivity index (χ0) is 15.6. The summed E-state index contributed by atoms with van der Waals surface area (Å²) in [6.07, 6.45) is 0. The van der Waals surface area contributed by atoms with Crippen LogP contribution in [0.5, 0.6) is 0 Å². The fourth-order valence-corrected chi connectivity index (χ4v) is 3.03. The monoisotopic (exact) mass is 326 g/mol. The summed E-state index contributed by atoms with van der Waals surface area (Å²) >= 11 is 7.44. The number of nitrogens with one attached hydrogen (secondary N) is 1. The highest BCUT2D eigenvalue weighted by Gasteiger charge is 2.13. The van der Waals surface area contributed by atoms with E-state index < -0.39 is 0 Å². The van der Waals surface area contributed by atoms with Gasteiger partial charge in [0, 0.05) is 24.8 Å². The Kier molecular flexibility index (Phi) is 5.12. The van der Waals surface area contributed by atoms with Crippen LogP contribution >= 0.6 is 22.9 Å². The Hall–Kier alpha value is -1.26. The van der Waals surface area contributed by atoms with Crippen LogP contribution in [0.1, 0.15) is 32.4 Å². The Morgan fingerprint density at radius 1 is 1.24 bits per heavy atom. The molecule has 2 nitrogen and oxygen atoms in total. The zero-order valence-corrected chi connectivity index (χ0v) is 14.2. The molecule has 0 radical (unpaired) electrons. The maximum Gasteiger partial charge on any atom is 0.148 e. The summed E-state index contributed by atoms with van der Waals surface area (Å²) in [5.74, 6) is -0.216. The molecule has 21 heavy (non-hydrogen) atoms. The molecule has 0 fully saturated rings. The predicted octanol–water partition coefficient (Wildman–Crippen LogP) is 5.56. The summed E-state index contributed by atoms with van der Waals surface area (Å²) in [4.78, 5) is 1.92. The van der Waals surface area contributed by atoms with Gasteiger partial charge in [0.15, 0.2) is 0 Å². The fraction of sp³-hybridized carbons (Fsp3) is 0.375. The highest BCUT2D eigenvalue weighted by atomic mass is 35.5. The molecular formula is C16H20ClFN2S. The molecule has 2 rings (SSSR count). The van der Waals surface area contributed by atoms with Crippen LogP contribution in [0.4, 0.5) is 15.8 Å². The van der Waals surface area contributed by atoms with Gasteiger partial charge in [0.05, 0.1) is 10.0 Å². The first-order valence-corrected chi connectivity index (χ1v) is 8.17. The van der Waals surface area contributed by atoms with E-state index in [1.807, 2.05) is 56.3 Å². The van der Waals surface area contributed by atoms with Crippen molar-refractivity contribution in [3.05, 3.63) is 45.4 Å². The standard InChI is InChI=1S/C16H20ClFN2S/c1-10(2)20(4)15-6-5-13(8-14(15)18)19-11(3)12-7-16(17)21-9-12/h5-11,19H,1-4H3. The molecule has 0 aliphatic heterocycles. The third kappa shape index (κ3) is 3.89. The minimum Gasteiger partial charge on any atom is -0.378 e. The van der Waals surface area contributed by atoms with E-state index in [4.69, 9.17) is 11.6 Å². The third-order valence-electron chi connectivity index (χ3n) is 3.57. The Bertz CT molecular complexity index is 612. The number of hydrogen-bond acceptors (Lipinski definition) is 3. The molecule has 2 aromatic rings. The number of halogens is 2. The molecule has 1 unspecified atom stereocenters. The van der Waals surface area contributed by atoms with Gasteiger partial charge in [-0.3, -0.25) is 0 Å². The van der Waals surface area contributed by atoms with E-state index in [0.717, 1.165) is 15.6 Å². The van der Waals surface area contributed by atoms with E-state index in [0.29, 0.717) is 5.69 Å². The van der Waals surface area contributed by atoms with Crippen molar-refractivity contribution in [2.45, 2.75) is 32.9 Å². The van der Waals surface area contributed by atoms with Crippen molar-refractivity contribution in [1.29, 1.82) is 0 Å². The van der Waals surface area contributed by atoms with Gasteiger partial charge in [-0.15, -0.1) is 11.3 Å². The molecule has 1 heterocycles. The smallest absolute Gasteiger partial charge is 0.148 e. The van der Waals surface area contributed by atoms with Crippen molar-refractivity contribution in [2.24, 2.45) is 0 Å². The van der Waals surface area contributed by atoms with E-state index in [1.165, 1.54) is 11.3 Å². The first-order chi connectivity index (χ1) is 9.88. The maximum absolute atomic E-state index is 14.2. The van der Waals surface area contributed by atoms with Crippen molar-refractivity contribution in [3.63, 3.8) is 0 Å². The summed E-state index contributed by atoms with van der Waals surface area (Å²) in [5, 5.41) is 5.31. The van der Waals surface area contributed by atoms with Gasteiger partial charge in [0.25, 0.3) is 0 Å². The van der Waals surface area contributed by atoms with Crippen LogP contribution in [-0.2, 0) is 0 Å². The second kappa shape index (κ2) is 6.67. The van der Waals surface area contributed by atoms with Crippen LogP contribution in [0.15, 0.2) is 29.6 Å². The van der Waals surface area contributed by atoms with Gasteiger partial charge < -0.3 is 10.2 Å². The van der Waals surface area contributed by atoms with Crippen LogP contribution in [0.25, 0.3) is 0 Å². The molecule has 0 amide bonds. The van der Waals surface area contributed by atoms with Crippen LogP contribution in [-0.4, -0.2) is 13.1 Å². The first kappa shape index (κ1) is 16.1. The number of benzene rings is 1. The lowest BCUT2D eigenvalue weighted by Crippen LogP contribution is -2.26. The predicted molar refractivity (Wildman–Crippen MR) is 91.3 cm³/mol. The topological polar surface area (TPSA) is 15.3 Å². The van der Waals surface area contributed by atoms with E-state index >= 15 is 0 Å². The maximum atomic E-state index is 14.2. The number of anilines is 2. The largest absolute Gasteiger partial charge is 0.378 e. The minimum atomic E-state index is -0.216. The summed E-state index contributed by atoms with van der Waals surface area (Å²) in [7, 11) is 1.90. The van der Waals surface area contributed by atoms with E-state index in [2.05, 4.69) is 5.32 Å². The van der Waals surface area contributed by atoms with Gasteiger partial charge in [-0.25, -0.2) is 4.39 Å². The second-order valence-corrected chi connectivity index (χ2v) is 6.96. The Morgan fingerprint density at radius 2 is 1.95 bits per heavy atom. The molecule has 0 spiro atoms. The molecule has 1 atom stereocenters. The summed E-state index contributed by atoms with van der Waals surface area (Å²) in [6, 6.07) is 7.53. The molecule has 1 aromatic carbocycles. The summed E-state index contributed by atoms with van der Waals surface area (Å²) in [6.45, 7) is 6.10. The third-order valence-corrected chi connectivity index (χ3v) is 4.68. The summed E-state index contributed by atoms with van der Waals surface area (Å²) < 4.78 is 15.0. The highest BCUT2D eigenvalue weighted by Crippen LogP contribution is 2.29. The van der Waals surface area contributed by atoms with Crippen molar-refractivity contribution in [2.75, 3.05) is 17.3 Å². The lowest BCUT2D eigenvalue weighted by atomic mass is 10.1. The quantitative estimate of drug-likeness (QED) is 0.774. The van der Waals surface area contributed by atoms with Gasteiger partial charge in [-0.05, 0) is 56.0 Å². The zero-order valence-electron chi connectivity index (χ0n) is 12.7. The van der Waals surface area contributed by atoms with Crippen LogP contribution in [0.2, 0.25) is 4.34 Å². The van der Waals surface area contributed by atoms with Crippen molar-refractivity contribution < 1.29 is 4.39 Å². The van der Waals surface area contributed by atoms with Gasteiger partial charge in [-0.1, -0.05) is 11.6 Å². The van der Waals surface area contributed by atoms with Crippen molar-refractivity contribution in [3.8, 4) is 0 Å². The van der Waals surface area contributed by atoms with Crippen molar-refractivity contribution in [1.82, 2.24) is 0 Å². The molecule has 5 heteroatoms. The Balaban J connectivity index is 2.13. The first-order valence-electron chi connectivity index (χ1n) is 6.91. The SMILES string of the molecule is CC(Nc1ccc(N(C)C(C)C)c(F)c1)c1csc(Cl)c1. The summed E-state index contributed by atoms with van der Waals surface area (Å²) in [5.41, 5.74) is 2.48. The number of nitrogens with zero attached hydrogens (tertiary/aromatic N) is 1. The molecule has 0 aliphatic rings. The van der Waals surface area contributed by atoms with E-state index in [9.17, 15) is 4.39 Å². The normalized spacial score (nSPS) is 12.5. The van der Waals surface area contributed by atoms with Crippen LogP contribution in [0, 0.1) is 5.82 Å². The lowest BCUT2D eigenvalue weighted by Gasteiger charge is -2.25. The Labute approximate surface area is 134 Å².